The molecule has 6 heteroatoms. The highest BCUT2D eigenvalue weighted by atomic mass is 32.2. The van der Waals surface area contributed by atoms with E-state index in [4.69, 9.17) is 4.74 Å². The van der Waals surface area contributed by atoms with Crippen molar-refractivity contribution in [3.8, 4) is 5.75 Å². The molecule has 0 bridgehead atoms. The average molecular weight is 367 g/mol. The number of hydrogen-bond donors (Lipinski definition) is 2. The van der Waals surface area contributed by atoms with Crippen LogP contribution < -0.4 is 14.8 Å². The number of hydrogen-bond acceptors (Lipinski definition) is 4. The van der Waals surface area contributed by atoms with E-state index in [1.54, 1.807) is 0 Å². The monoisotopic (exact) mass is 366 g/mol. The molecule has 0 amide bonds. The molecule has 3 rings (SSSR count). The van der Waals surface area contributed by atoms with Gasteiger partial charge in [0.15, 0.2) is 0 Å². The van der Waals surface area contributed by atoms with Gasteiger partial charge in [0.25, 0.3) is 0 Å². The first kappa shape index (κ1) is 18.7. The molecular weight excluding hydrogens is 336 g/mol. The summed E-state index contributed by atoms with van der Waals surface area (Å²) in [5.41, 5.74) is 1.16. The highest BCUT2D eigenvalue weighted by molar-refractivity contribution is 7.89. The Morgan fingerprint density at radius 1 is 1.00 bits per heavy atom. The zero-order valence-corrected chi connectivity index (χ0v) is 15.9. The van der Waals surface area contributed by atoms with E-state index in [0.717, 1.165) is 18.4 Å². The molecule has 1 aromatic carbocycles. The maximum absolute atomic E-state index is 12.3. The molecule has 2 aliphatic rings. The number of ether oxygens (including phenoxy) is 1. The SMILES string of the molecule is Cc1ccc(OCCS(=O)(=O)N[C@H]2CC[C@H]2NC2CCCCC2)cc1. The summed E-state index contributed by atoms with van der Waals surface area (Å²) in [6.07, 6.45) is 8.33. The average Bonchev–Trinajstić information content (AvgIpc) is 2.59. The molecule has 2 saturated carbocycles. The van der Waals surface area contributed by atoms with Crippen LogP contribution in [0.5, 0.6) is 5.75 Å². The third-order valence-corrected chi connectivity index (χ3v) is 6.67. The van der Waals surface area contributed by atoms with E-state index >= 15 is 0 Å². The molecule has 0 saturated heterocycles. The number of rotatable bonds is 8. The van der Waals surface area contributed by atoms with Gasteiger partial charge >= 0.3 is 0 Å². The van der Waals surface area contributed by atoms with Crippen LogP contribution in [0.25, 0.3) is 0 Å². The van der Waals surface area contributed by atoms with Gasteiger partial charge in [-0.3, -0.25) is 0 Å². The van der Waals surface area contributed by atoms with Gasteiger partial charge in [-0.05, 0) is 44.7 Å². The molecule has 2 fully saturated rings. The Morgan fingerprint density at radius 2 is 1.68 bits per heavy atom. The second-order valence-corrected chi connectivity index (χ2v) is 9.26. The maximum atomic E-state index is 12.3. The first-order chi connectivity index (χ1) is 12.0. The lowest BCUT2D eigenvalue weighted by atomic mass is 9.85. The molecule has 140 valence electrons. The summed E-state index contributed by atoms with van der Waals surface area (Å²) in [6.45, 7) is 2.18. The van der Waals surface area contributed by atoms with Crippen LogP contribution in [-0.2, 0) is 10.0 Å². The van der Waals surface area contributed by atoms with Crippen molar-refractivity contribution >= 4 is 10.0 Å². The van der Waals surface area contributed by atoms with Gasteiger partial charge in [0.2, 0.25) is 10.0 Å². The first-order valence-corrected chi connectivity index (χ1v) is 11.1. The Balaban J connectivity index is 1.40. The van der Waals surface area contributed by atoms with Crippen molar-refractivity contribution in [2.24, 2.45) is 0 Å². The van der Waals surface area contributed by atoms with Crippen LogP contribution >= 0.6 is 0 Å². The molecule has 0 aliphatic heterocycles. The van der Waals surface area contributed by atoms with E-state index in [0.29, 0.717) is 11.8 Å². The van der Waals surface area contributed by atoms with E-state index in [9.17, 15) is 8.42 Å². The van der Waals surface area contributed by atoms with E-state index in [1.807, 2.05) is 31.2 Å². The Bertz CT molecular complexity index is 639. The van der Waals surface area contributed by atoms with Crippen LogP contribution in [0.15, 0.2) is 24.3 Å². The summed E-state index contributed by atoms with van der Waals surface area (Å²) in [5, 5.41) is 3.66. The standard InChI is InChI=1S/C19H30N2O3S/c1-15-7-9-17(10-8-15)24-13-14-25(22,23)21-19-12-11-18(19)20-16-5-3-2-4-6-16/h7-10,16,18-21H,2-6,11-14H2,1H3/t18-,19+/m1/s1. The van der Waals surface area contributed by atoms with Crippen molar-refractivity contribution in [2.45, 2.75) is 70.0 Å². The van der Waals surface area contributed by atoms with Gasteiger partial charge in [0.05, 0.1) is 5.75 Å². The lowest BCUT2D eigenvalue weighted by Gasteiger charge is -2.40. The zero-order chi connectivity index (χ0) is 17.7. The molecule has 0 aromatic heterocycles. The van der Waals surface area contributed by atoms with Crippen LogP contribution in [0, 0.1) is 6.92 Å². The van der Waals surface area contributed by atoms with Gasteiger partial charge in [-0.2, -0.15) is 0 Å². The normalized spacial score (nSPS) is 24.7. The second-order valence-electron chi connectivity index (χ2n) is 7.39. The molecule has 2 aliphatic carbocycles. The summed E-state index contributed by atoms with van der Waals surface area (Å²) in [5.74, 6) is 0.703. The van der Waals surface area contributed by atoms with Gasteiger partial charge in [0, 0.05) is 18.1 Å². The van der Waals surface area contributed by atoms with Crippen LogP contribution in [0.2, 0.25) is 0 Å². The number of benzene rings is 1. The summed E-state index contributed by atoms with van der Waals surface area (Å²) in [6, 6.07) is 8.53. The second kappa shape index (κ2) is 8.52. The highest BCUT2D eigenvalue weighted by Gasteiger charge is 2.35. The maximum Gasteiger partial charge on any atom is 0.215 e. The predicted molar refractivity (Wildman–Crippen MR) is 100 cm³/mol. The van der Waals surface area contributed by atoms with E-state index in [2.05, 4.69) is 10.0 Å². The summed E-state index contributed by atoms with van der Waals surface area (Å²) in [7, 11) is -3.31. The van der Waals surface area contributed by atoms with Crippen LogP contribution in [0.1, 0.15) is 50.5 Å². The first-order valence-electron chi connectivity index (χ1n) is 9.47. The van der Waals surface area contributed by atoms with Crippen molar-refractivity contribution < 1.29 is 13.2 Å². The highest BCUT2D eigenvalue weighted by Crippen LogP contribution is 2.25. The van der Waals surface area contributed by atoms with E-state index in [-0.39, 0.29) is 24.4 Å². The molecule has 0 heterocycles. The molecule has 2 N–H and O–H groups in total. The van der Waals surface area contributed by atoms with Crippen LogP contribution in [0.3, 0.4) is 0 Å². The van der Waals surface area contributed by atoms with Gasteiger partial charge in [0.1, 0.15) is 12.4 Å². The Kier molecular flexibility index (Phi) is 6.36. The van der Waals surface area contributed by atoms with Gasteiger partial charge in [-0.25, -0.2) is 13.1 Å². The Morgan fingerprint density at radius 3 is 2.32 bits per heavy atom. The van der Waals surface area contributed by atoms with Crippen molar-refractivity contribution in [1.82, 2.24) is 10.0 Å². The predicted octanol–water partition coefficient (Wildman–Crippen LogP) is 2.75. The van der Waals surface area contributed by atoms with Crippen LogP contribution in [0.4, 0.5) is 0 Å². The van der Waals surface area contributed by atoms with Crippen LogP contribution in [-0.4, -0.2) is 38.9 Å². The Labute approximate surface area is 151 Å². The molecule has 25 heavy (non-hydrogen) atoms. The lowest BCUT2D eigenvalue weighted by molar-refractivity contribution is 0.221. The van der Waals surface area contributed by atoms with E-state index < -0.39 is 10.0 Å². The number of nitrogens with one attached hydrogen (secondary N) is 2. The summed E-state index contributed by atoms with van der Waals surface area (Å²) >= 11 is 0. The third-order valence-electron chi connectivity index (χ3n) is 5.30. The molecule has 1 aromatic rings. The molecule has 0 spiro atoms. The van der Waals surface area contributed by atoms with Crippen molar-refractivity contribution in [1.29, 1.82) is 0 Å². The number of sulfonamides is 1. The molecule has 5 nitrogen and oxygen atoms in total. The van der Waals surface area contributed by atoms with Crippen molar-refractivity contribution in [3.63, 3.8) is 0 Å². The fourth-order valence-corrected chi connectivity index (χ4v) is 4.77. The minimum atomic E-state index is -3.31. The topological polar surface area (TPSA) is 67.4 Å². The number of aryl methyl sites for hydroxylation is 1. The van der Waals surface area contributed by atoms with E-state index in [1.165, 1.54) is 32.1 Å². The minimum absolute atomic E-state index is 0.00642. The zero-order valence-electron chi connectivity index (χ0n) is 15.0. The third kappa shape index (κ3) is 5.69. The van der Waals surface area contributed by atoms with Crippen molar-refractivity contribution in [3.05, 3.63) is 29.8 Å². The summed E-state index contributed by atoms with van der Waals surface area (Å²) < 4.78 is 33.0. The van der Waals surface area contributed by atoms with Gasteiger partial charge in [-0.15, -0.1) is 0 Å². The quantitative estimate of drug-likeness (QED) is 0.742. The molecule has 0 radical (unpaired) electrons. The van der Waals surface area contributed by atoms with Gasteiger partial charge < -0.3 is 10.1 Å². The smallest absolute Gasteiger partial charge is 0.215 e. The van der Waals surface area contributed by atoms with Gasteiger partial charge in [-0.1, -0.05) is 37.0 Å². The Hall–Kier alpha value is -1.11. The minimum Gasteiger partial charge on any atom is -0.492 e. The summed E-state index contributed by atoms with van der Waals surface area (Å²) in [4.78, 5) is 0. The fourth-order valence-electron chi connectivity index (χ4n) is 3.61. The molecule has 0 unspecified atom stereocenters. The molecular formula is C19H30N2O3S. The lowest BCUT2D eigenvalue weighted by Crippen LogP contribution is -2.59. The van der Waals surface area contributed by atoms with Crippen molar-refractivity contribution in [2.75, 3.05) is 12.4 Å². The molecule has 2 atom stereocenters. The largest absolute Gasteiger partial charge is 0.492 e. The fraction of sp³-hybridized carbons (Fsp3) is 0.684.